The second kappa shape index (κ2) is 10.0. The van der Waals surface area contributed by atoms with Gasteiger partial charge in [-0.1, -0.05) is 47.6 Å². The molecule has 1 aromatic heterocycles. The standard InChI is InChI=1S/C21H20N4O6/c1-13-23-18(25-31-13)15-8-5-9-16(10-15)19(26)22-11-17(20(27)28)24-21(29)30-12-14-6-3-2-4-7-14/h2-10,17H,11-12H2,1H3,(H,22,26)(H,24,29)(H,27,28)/t17-/m1/s1. The molecule has 0 aliphatic carbocycles. The average Bonchev–Trinajstić information content (AvgIpc) is 3.22. The molecule has 1 heterocycles. The van der Waals surface area contributed by atoms with Crippen LogP contribution in [0.25, 0.3) is 11.4 Å². The minimum atomic E-state index is -1.37. The second-order valence-corrected chi connectivity index (χ2v) is 6.52. The third-order valence-electron chi connectivity index (χ3n) is 4.18. The Morgan fingerprint density at radius 1 is 1.13 bits per heavy atom. The predicted octanol–water partition coefficient (Wildman–Crippen LogP) is 2.15. The fourth-order valence-electron chi connectivity index (χ4n) is 2.62. The number of benzene rings is 2. The van der Waals surface area contributed by atoms with E-state index in [4.69, 9.17) is 9.26 Å². The first-order valence-electron chi connectivity index (χ1n) is 9.31. The van der Waals surface area contributed by atoms with Gasteiger partial charge in [-0.25, -0.2) is 9.59 Å². The highest BCUT2D eigenvalue weighted by Crippen LogP contribution is 2.17. The van der Waals surface area contributed by atoms with Crippen LogP contribution in [-0.4, -0.2) is 45.8 Å². The van der Waals surface area contributed by atoms with Crippen LogP contribution < -0.4 is 10.6 Å². The monoisotopic (exact) mass is 424 g/mol. The van der Waals surface area contributed by atoms with E-state index < -0.39 is 24.0 Å². The van der Waals surface area contributed by atoms with E-state index in [1.807, 2.05) is 6.07 Å². The van der Waals surface area contributed by atoms with Crippen molar-refractivity contribution in [3.8, 4) is 11.4 Å². The molecule has 0 radical (unpaired) electrons. The molecule has 0 saturated heterocycles. The van der Waals surface area contributed by atoms with E-state index >= 15 is 0 Å². The van der Waals surface area contributed by atoms with Crippen molar-refractivity contribution in [2.45, 2.75) is 19.6 Å². The van der Waals surface area contributed by atoms with Crippen molar-refractivity contribution in [3.63, 3.8) is 0 Å². The van der Waals surface area contributed by atoms with Crippen LogP contribution in [-0.2, 0) is 16.1 Å². The van der Waals surface area contributed by atoms with Gasteiger partial charge < -0.3 is 25.0 Å². The van der Waals surface area contributed by atoms with Crippen molar-refractivity contribution >= 4 is 18.0 Å². The van der Waals surface area contributed by atoms with Gasteiger partial charge in [-0.3, -0.25) is 4.79 Å². The lowest BCUT2D eigenvalue weighted by atomic mass is 10.1. The number of aryl methyl sites for hydroxylation is 1. The zero-order valence-corrected chi connectivity index (χ0v) is 16.6. The molecule has 10 nitrogen and oxygen atoms in total. The quantitative estimate of drug-likeness (QED) is 0.499. The van der Waals surface area contributed by atoms with Gasteiger partial charge in [-0.05, 0) is 17.7 Å². The van der Waals surface area contributed by atoms with Crippen LogP contribution in [0.1, 0.15) is 21.8 Å². The van der Waals surface area contributed by atoms with Crippen molar-refractivity contribution in [3.05, 3.63) is 71.6 Å². The van der Waals surface area contributed by atoms with Gasteiger partial charge in [-0.2, -0.15) is 4.98 Å². The number of alkyl carbamates (subject to hydrolysis) is 1. The summed E-state index contributed by atoms with van der Waals surface area (Å²) < 4.78 is 9.95. The lowest BCUT2D eigenvalue weighted by Crippen LogP contribution is -2.48. The number of rotatable bonds is 8. The third-order valence-corrected chi connectivity index (χ3v) is 4.18. The number of carbonyl (C=O) groups excluding carboxylic acids is 2. The van der Waals surface area contributed by atoms with Gasteiger partial charge in [-0.15, -0.1) is 0 Å². The van der Waals surface area contributed by atoms with Crippen LogP contribution in [0.15, 0.2) is 59.1 Å². The molecule has 10 heteroatoms. The van der Waals surface area contributed by atoms with Crippen LogP contribution in [0.2, 0.25) is 0 Å². The Morgan fingerprint density at radius 2 is 1.90 bits per heavy atom. The highest BCUT2D eigenvalue weighted by atomic mass is 16.5. The van der Waals surface area contributed by atoms with Crippen molar-refractivity contribution in [2.24, 2.45) is 0 Å². The molecule has 2 aromatic carbocycles. The summed E-state index contributed by atoms with van der Waals surface area (Å²) >= 11 is 0. The molecule has 0 bridgehead atoms. The predicted molar refractivity (Wildman–Crippen MR) is 108 cm³/mol. The summed E-state index contributed by atoms with van der Waals surface area (Å²) in [5, 5.41) is 17.9. The van der Waals surface area contributed by atoms with E-state index in [0.29, 0.717) is 17.3 Å². The highest BCUT2D eigenvalue weighted by molar-refractivity contribution is 5.95. The number of carboxylic acid groups (broad SMARTS) is 1. The van der Waals surface area contributed by atoms with Crippen molar-refractivity contribution in [1.82, 2.24) is 20.8 Å². The number of aliphatic carboxylic acids is 1. The molecular formula is C21H20N4O6. The summed E-state index contributed by atoms with van der Waals surface area (Å²) in [6.07, 6.45) is -0.903. The van der Waals surface area contributed by atoms with Gasteiger partial charge >= 0.3 is 12.1 Å². The van der Waals surface area contributed by atoms with Crippen molar-refractivity contribution < 1.29 is 28.8 Å². The van der Waals surface area contributed by atoms with E-state index in [1.165, 1.54) is 0 Å². The van der Waals surface area contributed by atoms with Crippen molar-refractivity contribution in [2.75, 3.05) is 6.54 Å². The summed E-state index contributed by atoms with van der Waals surface area (Å²) in [7, 11) is 0. The minimum Gasteiger partial charge on any atom is -0.480 e. The van der Waals surface area contributed by atoms with E-state index in [-0.39, 0.29) is 18.7 Å². The molecule has 0 unspecified atom stereocenters. The van der Waals surface area contributed by atoms with Gasteiger partial charge in [0.2, 0.25) is 11.7 Å². The molecular weight excluding hydrogens is 404 g/mol. The summed E-state index contributed by atoms with van der Waals surface area (Å²) in [5.74, 6) is -1.11. The normalized spacial score (nSPS) is 11.4. The Morgan fingerprint density at radius 3 is 2.58 bits per heavy atom. The molecule has 0 fully saturated rings. The Hall–Kier alpha value is -4.21. The number of amides is 2. The molecule has 3 N–H and O–H groups in total. The van der Waals surface area contributed by atoms with Crippen LogP contribution >= 0.6 is 0 Å². The maximum Gasteiger partial charge on any atom is 0.408 e. The van der Waals surface area contributed by atoms with Gasteiger partial charge in [0.05, 0.1) is 0 Å². The Kier molecular flexibility index (Phi) is 6.94. The number of nitrogens with zero attached hydrogens (tertiary/aromatic N) is 2. The summed E-state index contributed by atoms with van der Waals surface area (Å²) in [4.78, 5) is 39.9. The number of hydrogen-bond donors (Lipinski definition) is 3. The fraction of sp³-hybridized carbons (Fsp3) is 0.190. The summed E-state index contributed by atoms with van der Waals surface area (Å²) in [6.45, 7) is 1.31. The van der Waals surface area contributed by atoms with Crippen LogP contribution in [0, 0.1) is 6.92 Å². The maximum atomic E-state index is 12.4. The highest BCUT2D eigenvalue weighted by Gasteiger charge is 2.22. The van der Waals surface area contributed by atoms with Gasteiger partial charge in [0.1, 0.15) is 12.6 Å². The Bertz CT molecular complexity index is 1070. The molecule has 3 aromatic rings. The van der Waals surface area contributed by atoms with Gasteiger partial charge in [0.15, 0.2) is 0 Å². The summed E-state index contributed by atoms with van der Waals surface area (Å²) in [5.41, 5.74) is 1.60. The minimum absolute atomic E-state index is 0.00623. The first-order valence-corrected chi connectivity index (χ1v) is 9.31. The molecule has 0 aliphatic rings. The molecule has 0 aliphatic heterocycles. The van der Waals surface area contributed by atoms with E-state index in [9.17, 15) is 19.5 Å². The average molecular weight is 424 g/mol. The molecule has 1 atom stereocenters. The number of carbonyl (C=O) groups is 3. The molecule has 2 amide bonds. The van der Waals surface area contributed by atoms with Crippen LogP contribution in [0.4, 0.5) is 4.79 Å². The van der Waals surface area contributed by atoms with E-state index in [1.54, 1.807) is 55.5 Å². The Labute approximate surface area is 177 Å². The van der Waals surface area contributed by atoms with Gasteiger partial charge in [0.25, 0.3) is 5.91 Å². The SMILES string of the molecule is Cc1nc(-c2cccc(C(=O)NC[C@@H](NC(=O)OCc3ccccc3)C(=O)O)c2)no1. The zero-order valence-electron chi connectivity index (χ0n) is 16.6. The molecule has 0 spiro atoms. The second-order valence-electron chi connectivity index (χ2n) is 6.52. The molecule has 0 saturated carbocycles. The number of aromatic nitrogens is 2. The first-order chi connectivity index (χ1) is 14.9. The topological polar surface area (TPSA) is 144 Å². The molecule has 31 heavy (non-hydrogen) atoms. The van der Waals surface area contributed by atoms with Crippen LogP contribution in [0.5, 0.6) is 0 Å². The largest absolute Gasteiger partial charge is 0.480 e. The number of carboxylic acids is 1. The maximum absolute atomic E-state index is 12.4. The third kappa shape index (κ3) is 6.13. The first kappa shape index (κ1) is 21.5. The fourth-order valence-corrected chi connectivity index (χ4v) is 2.62. The molecule has 3 rings (SSSR count). The number of ether oxygens (including phenoxy) is 1. The number of hydrogen-bond acceptors (Lipinski definition) is 7. The summed E-state index contributed by atoms with van der Waals surface area (Å²) in [6, 6.07) is 14.1. The van der Waals surface area contributed by atoms with Crippen molar-refractivity contribution in [1.29, 1.82) is 0 Å². The lowest BCUT2D eigenvalue weighted by Gasteiger charge is -2.15. The van der Waals surface area contributed by atoms with Crippen LogP contribution in [0.3, 0.4) is 0 Å². The number of nitrogens with one attached hydrogen (secondary N) is 2. The Balaban J connectivity index is 1.55. The smallest absolute Gasteiger partial charge is 0.408 e. The van der Waals surface area contributed by atoms with E-state index in [0.717, 1.165) is 5.56 Å². The zero-order chi connectivity index (χ0) is 22.2. The lowest BCUT2D eigenvalue weighted by molar-refractivity contribution is -0.139. The van der Waals surface area contributed by atoms with Gasteiger partial charge in [0, 0.05) is 24.6 Å². The van der Waals surface area contributed by atoms with E-state index in [2.05, 4.69) is 20.8 Å². The molecule has 160 valence electrons.